The first-order chi connectivity index (χ1) is 8.08. The molecule has 1 heterocycles. The Morgan fingerprint density at radius 3 is 2.71 bits per heavy atom. The number of aromatic carboxylic acids is 1. The number of aromatic nitrogens is 1. The number of carboxylic acids is 1. The molecule has 5 heteroatoms. The van der Waals surface area contributed by atoms with Crippen molar-refractivity contribution in [3.63, 3.8) is 0 Å². The molecule has 0 fully saturated rings. The van der Waals surface area contributed by atoms with Gasteiger partial charge in [0, 0.05) is 31.4 Å². The van der Waals surface area contributed by atoms with Crippen LogP contribution in [-0.4, -0.2) is 30.3 Å². The van der Waals surface area contributed by atoms with Crippen LogP contribution in [-0.2, 0) is 0 Å². The topological polar surface area (TPSA) is 66.6 Å². The lowest BCUT2D eigenvalue weighted by atomic mass is 10.1. The van der Waals surface area contributed by atoms with Crippen LogP contribution < -0.4 is 4.90 Å². The summed E-state index contributed by atoms with van der Waals surface area (Å²) in [6, 6.07) is 9.01. The minimum atomic E-state index is -1.09. The fraction of sp³-hybridized carbons (Fsp3) is 0.167. The lowest BCUT2D eigenvalue weighted by Gasteiger charge is -2.12. The third-order valence-corrected chi connectivity index (χ3v) is 2.38. The molecule has 0 radical (unpaired) electrons. The Bertz CT molecular complexity index is 546. The predicted octanol–water partition coefficient (Wildman–Crippen LogP) is 2.11. The summed E-state index contributed by atoms with van der Waals surface area (Å²) in [6.45, 7) is 0. The number of carbonyl (C=O) groups is 1. The van der Waals surface area contributed by atoms with E-state index in [1.54, 1.807) is 0 Å². The van der Waals surface area contributed by atoms with Crippen molar-refractivity contribution in [2.75, 3.05) is 19.0 Å². The van der Waals surface area contributed by atoms with Gasteiger partial charge in [-0.05, 0) is 12.1 Å². The van der Waals surface area contributed by atoms with E-state index in [1.807, 2.05) is 43.3 Å². The highest BCUT2D eigenvalue weighted by atomic mass is 16.5. The SMILES string of the molecule is CN(C)c1cccc(-c2cc(C(=O)O)no2)c1. The molecule has 1 N–H and O–H groups in total. The van der Waals surface area contributed by atoms with Crippen molar-refractivity contribution in [3.05, 3.63) is 36.0 Å². The average Bonchev–Trinajstić information content (AvgIpc) is 2.78. The molecule has 0 saturated carbocycles. The van der Waals surface area contributed by atoms with Crippen molar-refractivity contribution in [3.8, 4) is 11.3 Å². The van der Waals surface area contributed by atoms with Crippen LogP contribution in [0, 0.1) is 0 Å². The standard InChI is InChI=1S/C12H12N2O3/c1-14(2)9-5-3-4-8(6-9)11-7-10(12(15)16)13-17-11/h3-7H,1-2H3,(H,15,16). The molecule has 2 aromatic rings. The van der Waals surface area contributed by atoms with Gasteiger partial charge in [0.05, 0.1) is 0 Å². The van der Waals surface area contributed by atoms with E-state index in [2.05, 4.69) is 5.16 Å². The van der Waals surface area contributed by atoms with E-state index < -0.39 is 5.97 Å². The number of carboxylic acid groups (broad SMARTS) is 1. The molecule has 17 heavy (non-hydrogen) atoms. The third-order valence-electron chi connectivity index (χ3n) is 2.38. The summed E-state index contributed by atoms with van der Waals surface area (Å²) in [5, 5.41) is 12.2. The zero-order chi connectivity index (χ0) is 12.4. The Balaban J connectivity index is 2.38. The van der Waals surface area contributed by atoms with Crippen LogP contribution in [0.3, 0.4) is 0 Å². The van der Waals surface area contributed by atoms with Crippen LogP contribution in [0.2, 0.25) is 0 Å². The summed E-state index contributed by atoms with van der Waals surface area (Å²) in [5.41, 5.74) is 1.72. The molecule has 1 aromatic heterocycles. The number of rotatable bonds is 3. The Morgan fingerprint density at radius 2 is 2.12 bits per heavy atom. The lowest BCUT2D eigenvalue weighted by molar-refractivity contribution is 0.0686. The van der Waals surface area contributed by atoms with Gasteiger partial charge in [-0.3, -0.25) is 0 Å². The summed E-state index contributed by atoms with van der Waals surface area (Å²) < 4.78 is 5.00. The molecular formula is C12H12N2O3. The second-order valence-corrected chi connectivity index (χ2v) is 3.83. The number of benzene rings is 1. The Labute approximate surface area is 98.3 Å². The van der Waals surface area contributed by atoms with Gasteiger partial charge in [0.25, 0.3) is 0 Å². The molecule has 0 aliphatic heterocycles. The van der Waals surface area contributed by atoms with Crippen LogP contribution in [0.1, 0.15) is 10.5 Å². The highest BCUT2D eigenvalue weighted by molar-refractivity contribution is 5.86. The van der Waals surface area contributed by atoms with Gasteiger partial charge in [-0.2, -0.15) is 0 Å². The monoisotopic (exact) mass is 232 g/mol. The van der Waals surface area contributed by atoms with Crippen molar-refractivity contribution in [2.24, 2.45) is 0 Å². The third kappa shape index (κ3) is 2.28. The van der Waals surface area contributed by atoms with Crippen LogP contribution in [0.5, 0.6) is 0 Å². The average molecular weight is 232 g/mol. The van der Waals surface area contributed by atoms with Gasteiger partial charge < -0.3 is 14.5 Å². The molecule has 0 bridgehead atoms. The molecule has 0 saturated heterocycles. The summed E-state index contributed by atoms with van der Waals surface area (Å²) in [4.78, 5) is 12.6. The Morgan fingerprint density at radius 1 is 1.35 bits per heavy atom. The van der Waals surface area contributed by atoms with E-state index in [1.165, 1.54) is 6.07 Å². The maximum Gasteiger partial charge on any atom is 0.358 e. The van der Waals surface area contributed by atoms with Crippen molar-refractivity contribution >= 4 is 11.7 Å². The molecule has 0 unspecified atom stereocenters. The van der Waals surface area contributed by atoms with E-state index in [0.717, 1.165) is 11.3 Å². The number of nitrogens with zero attached hydrogens (tertiary/aromatic N) is 2. The van der Waals surface area contributed by atoms with E-state index in [4.69, 9.17) is 9.63 Å². The highest BCUT2D eigenvalue weighted by Gasteiger charge is 2.12. The first-order valence-electron chi connectivity index (χ1n) is 5.05. The fourth-order valence-electron chi connectivity index (χ4n) is 1.45. The van der Waals surface area contributed by atoms with Crippen LogP contribution in [0.25, 0.3) is 11.3 Å². The molecule has 88 valence electrons. The maximum atomic E-state index is 10.7. The molecule has 1 aromatic carbocycles. The molecule has 0 aliphatic carbocycles. The lowest BCUT2D eigenvalue weighted by Crippen LogP contribution is -2.08. The molecule has 0 atom stereocenters. The number of hydrogen-bond acceptors (Lipinski definition) is 4. The van der Waals surface area contributed by atoms with E-state index in [-0.39, 0.29) is 5.69 Å². The van der Waals surface area contributed by atoms with Gasteiger partial charge in [0.15, 0.2) is 11.5 Å². The minimum Gasteiger partial charge on any atom is -0.476 e. The number of hydrogen-bond donors (Lipinski definition) is 1. The molecular weight excluding hydrogens is 220 g/mol. The van der Waals surface area contributed by atoms with Crippen molar-refractivity contribution < 1.29 is 14.4 Å². The van der Waals surface area contributed by atoms with Gasteiger partial charge in [0.1, 0.15) is 0 Å². The largest absolute Gasteiger partial charge is 0.476 e. The summed E-state index contributed by atoms with van der Waals surface area (Å²) in [5.74, 6) is -0.644. The van der Waals surface area contributed by atoms with E-state index in [9.17, 15) is 4.79 Å². The van der Waals surface area contributed by atoms with Crippen LogP contribution >= 0.6 is 0 Å². The summed E-state index contributed by atoms with van der Waals surface area (Å²) >= 11 is 0. The second kappa shape index (κ2) is 4.29. The number of anilines is 1. The smallest absolute Gasteiger partial charge is 0.358 e. The highest BCUT2D eigenvalue weighted by Crippen LogP contribution is 2.24. The maximum absolute atomic E-state index is 10.7. The quantitative estimate of drug-likeness (QED) is 0.877. The minimum absolute atomic E-state index is 0.0877. The molecule has 0 aliphatic rings. The Kier molecular flexibility index (Phi) is 2.82. The molecule has 0 amide bonds. The van der Waals surface area contributed by atoms with Gasteiger partial charge in [-0.1, -0.05) is 17.3 Å². The first-order valence-corrected chi connectivity index (χ1v) is 5.05. The second-order valence-electron chi connectivity index (χ2n) is 3.83. The summed E-state index contributed by atoms with van der Waals surface area (Å²) in [6.07, 6.45) is 0. The van der Waals surface area contributed by atoms with Crippen molar-refractivity contribution in [1.82, 2.24) is 5.16 Å². The van der Waals surface area contributed by atoms with E-state index in [0.29, 0.717) is 5.76 Å². The molecule has 0 spiro atoms. The predicted molar refractivity (Wildman–Crippen MR) is 63.2 cm³/mol. The Hall–Kier alpha value is -2.30. The van der Waals surface area contributed by atoms with Gasteiger partial charge in [-0.25, -0.2) is 4.79 Å². The van der Waals surface area contributed by atoms with Crippen molar-refractivity contribution in [2.45, 2.75) is 0 Å². The van der Waals surface area contributed by atoms with Gasteiger partial charge in [-0.15, -0.1) is 0 Å². The fourth-order valence-corrected chi connectivity index (χ4v) is 1.45. The van der Waals surface area contributed by atoms with Gasteiger partial charge >= 0.3 is 5.97 Å². The molecule has 5 nitrogen and oxygen atoms in total. The van der Waals surface area contributed by atoms with Crippen molar-refractivity contribution in [1.29, 1.82) is 0 Å². The normalized spacial score (nSPS) is 10.2. The zero-order valence-corrected chi connectivity index (χ0v) is 9.54. The van der Waals surface area contributed by atoms with Crippen LogP contribution in [0.4, 0.5) is 5.69 Å². The van der Waals surface area contributed by atoms with Crippen LogP contribution in [0.15, 0.2) is 34.9 Å². The van der Waals surface area contributed by atoms with E-state index >= 15 is 0 Å². The molecule has 2 rings (SSSR count). The summed E-state index contributed by atoms with van der Waals surface area (Å²) in [7, 11) is 3.87. The zero-order valence-electron chi connectivity index (χ0n) is 9.54. The van der Waals surface area contributed by atoms with Gasteiger partial charge in [0.2, 0.25) is 0 Å². The first kappa shape index (κ1) is 11.2.